The van der Waals surface area contributed by atoms with Gasteiger partial charge < -0.3 is 0 Å². The van der Waals surface area contributed by atoms with E-state index in [0.717, 1.165) is 12.1 Å². The summed E-state index contributed by atoms with van der Waals surface area (Å²) < 4.78 is 0. The highest BCUT2D eigenvalue weighted by Crippen LogP contribution is 2.22. The Labute approximate surface area is 114 Å². The molecule has 1 saturated carbocycles. The molecule has 0 heterocycles. The highest BCUT2D eigenvalue weighted by molar-refractivity contribution is 5.32. The third kappa shape index (κ3) is 4.03. The van der Waals surface area contributed by atoms with Crippen LogP contribution in [0.25, 0.3) is 0 Å². The molecule has 1 aliphatic carbocycles. The van der Waals surface area contributed by atoms with Crippen molar-refractivity contribution >= 4 is 5.69 Å². The predicted octanol–water partition coefficient (Wildman–Crippen LogP) is 3.75. The number of nitrogens with zero attached hydrogens (tertiary/aromatic N) is 2. The van der Waals surface area contributed by atoms with Gasteiger partial charge in [-0.1, -0.05) is 37.8 Å². The smallest absolute Gasteiger partial charge is 0.269 e. The summed E-state index contributed by atoms with van der Waals surface area (Å²) >= 11 is 0. The molecule has 1 aromatic carbocycles. The Balaban J connectivity index is 1.93. The van der Waals surface area contributed by atoms with Gasteiger partial charge in [0.2, 0.25) is 0 Å². The summed E-state index contributed by atoms with van der Waals surface area (Å²) in [4.78, 5) is 12.7. The van der Waals surface area contributed by atoms with E-state index in [1.165, 1.54) is 38.5 Å². The van der Waals surface area contributed by atoms with E-state index in [9.17, 15) is 10.1 Å². The summed E-state index contributed by atoms with van der Waals surface area (Å²) in [5.74, 6) is 0. The Morgan fingerprint density at radius 1 is 1.16 bits per heavy atom. The number of hydrogen-bond donors (Lipinski definition) is 0. The Hall–Kier alpha value is -1.42. The zero-order valence-electron chi connectivity index (χ0n) is 11.5. The van der Waals surface area contributed by atoms with Crippen LogP contribution >= 0.6 is 0 Å². The molecule has 0 aliphatic heterocycles. The maximum absolute atomic E-state index is 10.6. The Kier molecular flexibility index (Phi) is 4.91. The summed E-state index contributed by atoms with van der Waals surface area (Å²) in [5.41, 5.74) is 1.32. The molecular weight excluding hydrogens is 240 g/mol. The zero-order valence-corrected chi connectivity index (χ0v) is 11.5. The first kappa shape index (κ1) is 14.0. The maximum atomic E-state index is 10.6. The first-order valence-electron chi connectivity index (χ1n) is 7.10. The van der Waals surface area contributed by atoms with E-state index in [1.807, 2.05) is 12.1 Å². The topological polar surface area (TPSA) is 46.4 Å². The van der Waals surface area contributed by atoms with Gasteiger partial charge in [0, 0.05) is 24.7 Å². The fraction of sp³-hybridized carbons (Fsp3) is 0.600. The molecule has 0 spiro atoms. The fourth-order valence-electron chi connectivity index (χ4n) is 2.84. The molecule has 2 rings (SSSR count). The molecule has 0 radical (unpaired) electrons. The van der Waals surface area contributed by atoms with Gasteiger partial charge in [-0.2, -0.15) is 0 Å². The van der Waals surface area contributed by atoms with Crippen molar-refractivity contribution in [3.05, 3.63) is 39.9 Å². The molecule has 104 valence electrons. The van der Waals surface area contributed by atoms with Crippen molar-refractivity contribution in [1.82, 2.24) is 4.90 Å². The van der Waals surface area contributed by atoms with Gasteiger partial charge in [-0.05, 0) is 25.5 Å². The lowest BCUT2D eigenvalue weighted by atomic mass is 10.1. The molecule has 4 heteroatoms. The maximum Gasteiger partial charge on any atom is 0.269 e. The summed E-state index contributed by atoms with van der Waals surface area (Å²) in [6.45, 7) is 0.878. The quantitative estimate of drug-likeness (QED) is 0.471. The third-order valence-corrected chi connectivity index (χ3v) is 4.03. The van der Waals surface area contributed by atoms with Crippen LogP contribution in [0.2, 0.25) is 0 Å². The van der Waals surface area contributed by atoms with Crippen molar-refractivity contribution in [3.63, 3.8) is 0 Å². The molecule has 0 saturated heterocycles. The molecule has 1 fully saturated rings. The molecule has 0 N–H and O–H groups in total. The van der Waals surface area contributed by atoms with Crippen molar-refractivity contribution in [1.29, 1.82) is 0 Å². The Bertz CT molecular complexity index is 409. The highest BCUT2D eigenvalue weighted by Gasteiger charge is 2.17. The molecule has 1 aromatic rings. The van der Waals surface area contributed by atoms with Gasteiger partial charge in [-0.25, -0.2) is 0 Å². The third-order valence-electron chi connectivity index (χ3n) is 4.03. The second-order valence-corrected chi connectivity index (χ2v) is 5.48. The van der Waals surface area contributed by atoms with Gasteiger partial charge in [0.15, 0.2) is 0 Å². The van der Waals surface area contributed by atoms with E-state index >= 15 is 0 Å². The van der Waals surface area contributed by atoms with E-state index in [0.29, 0.717) is 6.04 Å². The average molecular weight is 262 g/mol. The second kappa shape index (κ2) is 6.66. The van der Waals surface area contributed by atoms with E-state index < -0.39 is 0 Å². The van der Waals surface area contributed by atoms with Crippen LogP contribution in [0.15, 0.2) is 24.3 Å². The van der Waals surface area contributed by atoms with Gasteiger partial charge >= 0.3 is 0 Å². The summed E-state index contributed by atoms with van der Waals surface area (Å²) in [5, 5.41) is 10.6. The first-order valence-corrected chi connectivity index (χ1v) is 7.10. The van der Waals surface area contributed by atoms with Crippen LogP contribution in [0.3, 0.4) is 0 Å². The molecule has 0 amide bonds. The van der Waals surface area contributed by atoms with E-state index in [1.54, 1.807) is 12.1 Å². The predicted molar refractivity (Wildman–Crippen MR) is 76.1 cm³/mol. The molecule has 19 heavy (non-hydrogen) atoms. The molecule has 0 unspecified atom stereocenters. The average Bonchev–Trinajstić information content (AvgIpc) is 2.68. The lowest BCUT2D eigenvalue weighted by Gasteiger charge is -2.27. The SMILES string of the molecule is CN(Cc1ccc([N+](=O)[O-])cc1)C1CCCCCC1. The van der Waals surface area contributed by atoms with Crippen LogP contribution in [-0.4, -0.2) is 22.9 Å². The van der Waals surface area contributed by atoms with Crippen LogP contribution in [0.5, 0.6) is 0 Å². The highest BCUT2D eigenvalue weighted by atomic mass is 16.6. The molecular formula is C15H22N2O2. The van der Waals surface area contributed by atoms with Gasteiger partial charge in [-0.3, -0.25) is 15.0 Å². The summed E-state index contributed by atoms with van der Waals surface area (Å²) in [6, 6.07) is 7.58. The van der Waals surface area contributed by atoms with Gasteiger partial charge in [-0.15, -0.1) is 0 Å². The van der Waals surface area contributed by atoms with Crippen molar-refractivity contribution in [2.75, 3.05) is 7.05 Å². The monoisotopic (exact) mass is 262 g/mol. The van der Waals surface area contributed by atoms with Crippen molar-refractivity contribution < 1.29 is 4.92 Å². The Morgan fingerprint density at radius 3 is 2.26 bits per heavy atom. The normalized spacial score (nSPS) is 17.4. The molecule has 0 aromatic heterocycles. The number of hydrogen-bond acceptors (Lipinski definition) is 3. The molecule has 1 aliphatic rings. The second-order valence-electron chi connectivity index (χ2n) is 5.48. The Morgan fingerprint density at radius 2 is 1.74 bits per heavy atom. The number of non-ortho nitro benzene ring substituents is 1. The van der Waals surface area contributed by atoms with Crippen LogP contribution in [-0.2, 0) is 6.54 Å². The number of nitro groups is 1. The lowest BCUT2D eigenvalue weighted by Crippen LogP contribution is -2.30. The van der Waals surface area contributed by atoms with Crippen molar-refractivity contribution in [2.45, 2.75) is 51.1 Å². The number of rotatable bonds is 4. The van der Waals surface area contributed by atoms with E-state index in [4.69, 9.17) is 0 Å². The molecule has 0 atom stereocenters. The minimum Gasteiger partial charge on any atom is -0.299 e. The standard InChI is InChI=1S/C15H22N2O2/c1-16(14-6-4-2-3-5-7-14)12-13-8-10-15(11-9-13)17(18)19/h8-11,14H,2-7,12H2,1H3. The minimum absolute atomic E-state index is 0.167. The van der Waals surface area contributed by atoms with Gasteiger partial charge in [0.1, 0.15) is 0 Å². The van der Waals surface area contributed by atoms with Crippen molar-refractivity contribution in [2.24, 2.45) is 0 Å². The van der Waals surface area contributed by atoms with Gasteiger partial charge in [0.25, 0.3) is 5.69 Å². The summed E-state index contributed by atoms with van der Waals surface area (Å²) in [7, 11) is 2.16. The van der Waals surface area contributed by atoms with Crippen molar-refractivity contribution in [3.8, 4) is 0 Å². The van der Waals surface area contributed by atoms with Crippen LogP contribution in [0, 0.1) is 10.1 Å². The van der Waals surface area contributed by atoms with E-state index in [-0.39, 0.29) is 10.6 Å². The first-order chi connectivity index (χ1) is 9.16. The lowest BCUT2D eigenvalue weighted by molar-refractivity contribution is -0.384. The molecule has 0 bridgehead atoms. The largest absolute Gasteiger partial charge is 0.299 e. The van der Waals surface area contributed by atoms with Crippen LogP contribution < -0.4 is 0 Å². The van der Waals surface area contributed by atoms with Gasteiger partial charge in [0.05, 0.1) is 4.92 Å². The number of benzene rings is 1. The minimum atomic E-state index is -0.348. The zero-order chi connectivity index (χ0) is 13.7. The molecule has 4 nitrogen and oxygen atoms in total. The summed E-state index contributed by atoms with van der Waals surface area (Å²) in [6.07, 6.45) is 7.95. The van der Waals surface area contributed by atoms with E-state index in [2.05, 4.69) is 11.9 Å². The number of nitro benzene ring substituents is 1. The van der Waals surface area contributed by atoms with Crippen LogP contribution in [0.4, 0.5) is 5.69 Å². The fourth-order valence-corrected chi connectivity index (χ4v) is 2.84. The van der Waals surface area contributed by atoms with Crippen LogP contribution in [0.1, 0.15) is 44.1 Å².